The van der Waals surface area contributed by atoms with Crippen molar-refractivity contribution in [3.05, 3.63) is 35.4 Å². The minimum atomic E-state index is -0.145. The van der Waals surface area contributed by atoms with E-state index in [1.165, 1.54) is 11.1 Å². The second-order valence-corrected chi connectivity index (χ2v) is 4.48. The summed E-state index contributed by atoms with van der Waals surface area (Å²) in [5.74, 6) is 0. The summed E-state index contributed by atoms with van der Waals surface area (Å²) in [6, 6.07) is 8.54. The van der Waals surface area contributed by atoms with Crippen molar-refractivity contribution in [2.45, 2.75) is 17.8 Å². The molecular formula is C12H12O3. The van der Waals surface area contributed by atoms with Crippen LogP contribution in [0.15, 0.2) is 24.3 Å². The van der Waals surface area contributed by atoms with Crippen LogP contribution in [-0.4, -0.2) is 25.9 Å². The van der Waals surface area contributed by atoms with Crippen molar-refractivity contribution < 1.29 is 14.2 Å². The molecule has 78 valence electrons. The van der Waals surface area contributed by atoms with Gasteiger partial charge in [-0.1, -0.05) is 24.3 Å². The van der Waals surface area contributed by atoms with Gasteiger partial charge >= 0.3 is 0 Å². The van der Waals surface area contributed by atoms with E-state index in [2.05, 4.69) is 24.3 Å². The van der Waals surface area contributed by atoms with Crippen LogP contribution in [0, 0.1) is 0 Å². The summed E-state index contributed by atoms with van der Waals surface area (Å²) in [6.07, 6.45) is 0.589. The smallest absolute Gasteiger partial charge is 0.147 e. The minimum absolute atomic E-state index is 0.145. The van der Waals surface area contributed by atoms with E-state index in [4.69, 9.17) is 14.2 Å². The summed E-state index contributed by atoms with van der Waals surface area (Å²) in [4.78, 5) is 0. The Morgan fingerprint density at radius 3 is 2.80 bits per heavy atom. The molecule has 0 N–H and O–H groups in total. The molecule has 1 aromatic rings. The highest BCUT2D eigenvalue weighted by Gasteiger charge is 2.61. The van der Waals surface area contributed by atoms with Gasteiger partial charge in [-0.3, -0.25) is 0 Å². The van der Waals surface area contributed by atoms with E-state index in [1.54, 1.807) is 0 Å². The molecule has 0 spiro atoms. The Morgan fingerprint density at radius 2 is 2.13 bits per heavy atom. The van der Waals surface area contributed by atoms with Crippen LogP contribution < -0.4 is 0 Å². The predicted octanol–water partition coefficient (Wildman–Crippen LogP) is 1.38. The molecule has 2 saturated heterocycles. The summed E-state index contributed by atoms with van der Waals surface area (Å²) >= 11 is 0. The van der Waals surface area contributed by atoms with Crippen molar-refractivity contribution >= 4 is 0 Å². The topological polar surface area (TPSA) is 34.3 Å². The van der Waals surface area contributed by atoms with Gasteiger partial charge in [0.15, 0.2) is 0 Å². The van der Waals surface area contributed by atoms with Crippen LogP contribution in [0.25, 0.3) is 0 Å². The molecule has 4 aliphatic rings. The number of epoxide rings is 2. The number of hydrogen-bond acceptors (Lipinski definition) is 3. The molecule has 3 unspecified atom stereocenters. The molecule has 3 atom stereocenters. The van der Waals surface area contributed by atoms with Crippen molar-refractivity contribution in [3.8, 4) is 0 Å². The van der Waals surface area contributed by atoms with Crippen LogP contribution in [-0.2, 0) is 19.8 Å². The Bertz CT molecular complexity index is 396. The first-order valence-corrected chi connectivity index (χ1v) is 5.36. The monoisotopic (exact) mass is 204 g/mol. The lowest BCUT2D eigenvalue weighted by atomic mass is 9.86. The van der Waals surface area contributed by atoms with Crippen LogP contribution in [0.2, 0.25) is 0 Å². The van der Waals surface area contributed by atoms with Crippen molar-refractivity contribution in [1.82, 2.24) is 0 Å². The maximum Gasteiger partial charge on any atom is 0.147 e. The molecule has 5 rings (SSSR count). The normalized spacial score (nSPS) is 38.9. The number of fused-ring (bicyclic) bond motifs is 2. The van der Waals surface area contributed by atoms with Crippen LogP contribution in [0.3, 0.4) is 0 Å². The van der Waals surface area contributed by atoms with Crippen LogP contribution in [0.4, 0.5) is 0 Å². The van der Waals surface area contributed by atoms with Crippen molar-refractivity contribution in [1.29, 1.82) is 0 Å². The van der Waals surface area contributed by atoms with Crippen LogP contribution in [0.1, 0.15) is 17.2 Å². The van der Waals surface area contributed by atoms with Crippen molar-refractivity contribution in [2.75, 3.05) is 19.8 Å². The summed E-state index contributed by atoms with van der Waals surface area (Å²) in [6.45, 7) is 2.21. The molecule has 0 saturated carbocycles. The van der Waals surface area contributed by atoms with E-state index in [9.17, 15) is 0 Å². The third-order valence-electron chi connectivity index (χ3n) is 3.42. The lowest BCUT2D eigenvalue weighted by molar-refractivity contribution is 0.0670. The standard InChI is InChI=1S/C12H12O3/c1-3-9-4-2-8(1)11-12(9,15-11)7-13-5-10-6-14-10/h1-4,10-11H,5-7H2. The van der Waals surface area contributed by atoms with Gasteiger partial charge in [-0.2, -0.15) is 0 Å². The molecule has 2 aliphatic carbocycles. The Labute approximate surface area is 87.9 Å². The highest BCUT2D eigenvalue weighted by molar-refractivity contribution is 5.43. The molecular weight excluding hydrogens is 192 g/mol. The third-order valence-corrected chi connectivity index (χ3v) is 3.42. The Kier molecular flexibility index (Phi) is 1.44. The van der Waals surface area contributed by atoms with Crippen LogP contribution in [0.5, 0.6) is 0 Å². The summed E-state index contributed by atoms with van der Waals surface area (Å²) < 4.78 is 16.5. The second kappa shape index (κ2) is 2.61. The molecule has 2 aliphatic heterocycles. The maximum atomic E-state index is 5.79. The molecule has 3 heteroatoms. The van der Waals surface area contributed by atoms with Crippen molar-refractivity contribution in [2.24, 2.45) is 0 Å². The first-order valence-electron chi connectivity index (χ1n) is 5.36. The predicted molar refractivity (Wildman–Crippen MR) is 52.5 cm³/mol. The quantitative estimate of drug-likeness (QED) is 0.695. The number of benzene rings is 1. The Balaban J connectivity index is 1.49. The first-order chi connectivity index (χ1) is 7.38. The zero-order chi connectivity index (χ0) is 9.88. The molecule has 15 heavy (non-hydrogen) atoms. The lowest BCUT2D eigenvalue weighted by Gasteiger charge is -2.18. The molecule has 2 heterocycles. The van der Waals surface area contributed by atoms with Gasteiger partial charge in [0.05, 0.1) is 19.8 Å². The number of rotatable bonds is 4. The zero-order valence-electron chi connectivity index (χ0n) is 8.31. The number of hydrogen-bond donors (Lipinski definition) is 0. The minimum Gasteiger partial charge on any atom is -0.375 e. The van der Waals surface area contributed by atoms with Gasteiger partial charge in [0, 0.05) is 0 Å². The van der Waals surface area contributed by atoms with E-state index in [0.29, 0.717) is 19.3 Å². The second-order valence-electron chi connectivity index (χ2n) is 4.48. The average molecular weight is 204 g/mol. The van der Waals surface area contributed by atoms with E-state index in [-0.39, 0.29) is 11.7 Å². The van der Waals surface area contributed by atoms with E-state index < -0.39 is 0 Å². The summed E-state index contributed by atoms with van der Waals surface area (Å²) in [7, 11) is 0. The fourth-order valence-corrected chi connectivity index (χ4v) is 2.37. The van der Waals surface area contributed by atoms with Crippen LogP contribution >= 0.6 is 0 Å². The zero-order valence-corrected chi connectivity index (χ0v) is 8.31. The van der Waals surface area contributed by atoms with Gasteiger partial charge in [0.1, 0.15) is 17.8 Å². The van der Waals surface area contributed by atoms with E-state index >= 15 is 0 Å². The van der Waals surface area contributed by atoms with Gasteiger partial charge in [0.2, 0.25) is 0 Å². The van der Waals surface area contributed by atoms with Gasteiger partial charge in [-0.15, -0.1) is 0 Å². The van der Waals surface area contributed by atoms with Gasteiger partial charge in [0.25, 0.3) is 0 Å². The largest absolute Gasteiger partial charge is 0.375 e. The average Bonchev–Trinajstić information content (AvgIpc) is 3.13. The lowest BCUT2D eigenvalue weighted by Crippen LogP contribution is -2.22. The molecule has 2 fully saturated rings. The van der Waals surface area contributed by atoms with Gasteiger partial charge in [-0.25, -0.2) is 0 Å². The Morgan fingerprint density at radius 1 is 1.33 bits per heavy atom. The molecule has 0 aromatic heterocycles. The highest BCUT2D eigenvalue weighted by Crippen LogP contribution is 2.60. The summed E-state index contributed by atoms with van der Waals surface area (Å²) in [5.41, 5.74) is 2.38. The van der Waals surface area contributed by atoms with Crippen molar-refractivity contribution in [3.63, 3.8) is 0 Å². The van der Waals surface area contributed by atoms with E-state index in [1.807, 2.05) is 0 Å². The SMILES string of the molecule is c1cc2ccc1C1OC21COCC1CO1. The molecule has 1 aromatic carbocycles. The molecule has 0 amide bonds. The molecule has 0 radical (unpaired) electrons. The third kappa shape index (κ3) is 1.11. The number of ether oxygens (including phenoxy) is 3. The highest BCUT2D eigenvalue weighted by atomic mass is 16.6. The van der Waals surface area contributed by atoms with E-state index in [0.717, 1.165) is 6.61 Å². The fraction of sp³-hybridized carbons (Fsp3) is 0.500. The van der Waals surface area contributed by atoms with Gasteiger partial charge < -0.3 is 14.2 Å². The molecule has 3 nitrogen and oxygen atoms in total. The van der Waals surface area contributed by atoms with Gasteiger partial charge in [-0.05, 0) is 11.1 Å². The first kappa shape index (κ1) is 8.28. The molecule has 2 bridgehead atoms. The summed E-state index contributed by atoms with van der Waals surface area (Å²) in [5, 5.41) is 0. The maximum absolute atomic E-state index is 5.79. The fourth-order valence-electron chi connectivity index (χ4n) is 2.37. The Hall–Kier alpha value is -0.900.